The van der Waals surface area contributed by atoms with Gasteiger partial charge in [0.15, 0.2) is 11.6 Å². The van der Waals surface area contributed by atoms with Crippen molar-refractivity contribution in [3.8, 4) is 5.75 Å². The molecule has 1 atom stereocenters. The van der Waals surface area contributed by atoms with Crippen LogP contribution in [-0.4, -0.2) is 12.2 Å². The van der Waals surface area contributed by atoms with Crippen molar-refractivity contribution >= 4 is 5.69 Å². The molecule has 2 aromatic carbocycles. The molecule has 1 unspecified atom stereocenters. The molecule has 0 fully saturated rings. The Labute approximate surface area is 109 Å². The van der Waals surface area contributed by atoms with Crippen molar-refractivity contribution in [1.82, 2.24) is 0 Å². The number of halogens is 2. The van der Waals surface area contributed by atoms with Gasteiger partial charge in [-0.05, 0) is 35.9 Å². The number of rotatable bonds is 3. The normalized spacial score (nSPS) is 12.2. The third-order valence-corrected chi connectivity index (χ3v) is 2.84. The molecule has 2 aromatic rings. The molecule has 0 spiro atoms. The number of aliphatic hydroxyl groups excluding tert-OH is 1. The van der Waals surface area contributed by atoms with Crippen LogP contribution < -0.4 is 10.5 Å². The molecule has 0 saturated carbocycles. The maximum Gasteiger partial charge on any atom is 0.165 e. The fourth-order valence-electron chi connectivity index (χ4n) is 1.81. The molecule has 0 aliphatic carbocycles. The number of hydrogen-bond acceptors (Lipinski definition) is 3. The fourth-order valence-corrected chi connectivity index (χ4v) is 1.81. The molecule has 5 heteroatoms. The zero-order chi connectivity index (χ0) is 14.0. The van der Waals surface area contributed by atoms with E-state index in [4.69, 9.17) is 10.5 Å². The minimum Gasteiger partial charge on any atom is -0.494 e. The first-order valence-corrected chi connectivity index (χ1v) is 5.59. The van der Waals surface area contributed by atoms with E-state index in [-0.39, 0.29) is 22.6 Å². The SMILES string of the molecule is COc1ccc(C(O)c2cc(F)ccc2N)cc1F. The van der Waals surface area contributed by atoms with E-state index in [1.165, 1.54) is 31.4 Å². The molecule has 0 radical (unpaired) electrons. The van der Waals surface area contributed by atoms with E-state index in [1.807, 2.05) is 0 Å². The molecule has 0 aliphatic heterocycles. The van der Waals surface area contributed by atoms with Gasteiger partial charge in [0.2, 0.25) is 0 Å². The highest BCUT2D eigenvalue weighted by atomic mass is 19.1. The van der Waals surface area contributed by atoms with E-state index in [1.54, 1.807) is 0 Å². The average Bonchev–Trinajstić information content (AvgIpc) is 2.40. The van der Waals surface area contributed by atoms with E-state index in [2.05, 4.69) is 0 Å². The molecule has 0 amide bonds. The molecule has 19 heavy (non-hydrogen) atoms. The molecular weight excluding hydrogens is 252 g/mol. The van der Waals surface area contributed by atoms with Crippen molar-refractivity contribution in [3.63, 3.8) is 0 Å². The average molecular weight is 265 g/mol. The van der Waals surface area contributed by atoms with Crippen molar-refractivity contribution in [2.75, 3.05) is 12.8 Å². The number of anilines is 1. The number of hydrogen-bond donors (Lipinski definition) is 2. The van der Waals surface area contributed by atoms with Gasteiger partial charge in [0.05, 0.1) is 7.11 Å². The third-order valence-electron chi connectivity index (χ3n) is 2.84. The predicted molar refractivity (Wildman–Crippen MR) is 67.8 cm³/mol. The summed E-state index contributed by atoms with van der Waals surface area (Å²) < 4.78 is 31.5. The first kappa shape index (κ1) is 13.3. The first-order valence-electron chi connectivity index (χ1n) is 5.59. The number of nitrogen functional groups attached to an aromatic ring is 1. The van der Waals surface area contributed by atoms with Crippen LogP contribution in [0.3, 0.4) is 0 Å². The van der Waals surface area contributed by atoms with Gasteiger partial charge in [-0.15, -0.1) is 0 Å². The fraction of sp³-hybridized carbons (Fsp3) is 0.143. The summed E-state index contributed by atoms with van der Waals surface area (Å²) in [6.07, 6.45) is -1.20. The van der Waals surface area contributed by atoms with E-state index in [0.29, 0.717) is 0 Å². The quantitative estimate of drug-likeness (QED) is 0.839. The van der Waals surface area contributed by atoms with Gasteiger partial charge in [0, 0.05) is 11.3 Å². The minimum absolute atomic E-state index is 0.0724. The van der Waals surface area contributed by atoms with Crippen LogP contribution in [0.15, 0.2) is 36.4 Å². The third kappa shape index (κ3) is 2.66. The number of aliphatic hydroxyl groups is 1. The van der Waals surface area contributed by atoms with Gasteiger partial charge in [-0.25, -0.2) is 8.78 Å². The lowest BCUT2D eigenvalue weighted by Gasteiger charge is -2.14. The second kappa shape index (κ2) is 5.24. The summed E-state index contributed by atoms with van der Waals surface area (Å²) in [4.78, 5) is 0. The lowest BCUT2D eigenvalue weighted by molar-refractivity contribution is 0.219. The Kier molecular flexibility index (Phi) is 3.66. The topological polar surface area (TPSA) is 55.5 Å². The van der Waals surface area contributed by atoms with E-state index < -0.39 is 17.7 Å². The van der Waals surface area contributed by atoms with Crippen LogP contribution in [-0.2, 0) is 0 Å². The summed E-state index contributed by atoms with van der Waals surface area (Å²) in [7, 11) is 1.35. The molecule has 0 saturated heterocycles. The van der Waals surface area contributed by atoms with E-state index in [9.17, 15) is 13.9 Å². The van der Waals surface area contributed by atoms with Crippen LogP contribution in [0.2, 0.25) is 0 Å². The van der Waals surface area contributed by atoms with Crippen molar-refractivity contribution < 1.29 is 18.6 Å². The number of benzene rings is 2. The molecule has 3 N–H and O–H groups in total. The van der Waals surface area contributed by atoms with Gasteiger partial charge in [-0.2, -0.15) is 0 Å². The van der Waals surface area contributed by atoms with Gasteiger partial charge in [0.1, 0.15) is 11.9 Å². The smallest absolute Gasteiger partial charge is 0.165 e. The summed E-state index contributed by atoms with van der Waals surface area (Å²) in [6, 6.07) is 7.70. The maximum atomic E-state index is 13.6. The van der Waals surface area contributed by atoms with Crippen molar-refractivity contribution in [3.05, 3.63) is 59.2 Å². The highest BCUT2D eigenvalue weighted by Crippen LogP contribution is 2.29. The van der Waals surface area contributed by atoms with Gasteiger partial charge < -0.3 is 15.6 Å². The number of methoxy groups -OCH3 is 1. The van der Waals surface area contributed by atoms with Crippen LogP contribution >= 0.6 is 0 Å². The second-order valence-electron chi connectivity index (χ2n) is 4.07. The Morgan fingerprint density at radius 3 is 2.53 bits per heavy atom. The van der Waals surface area contributed by atoms with Gasteiger partial charge in [-0.1, -0.05) is 6.07 Å². The van der Waals surface area contributed by atoms with E-state index in [0.717, 1.165) is 12.1 Å². The molecule has 0 aromatic heterocycles. The second-order valence-corrected chi connectivity index (χ2v) is 4.07. The Hall–Kier alpha value is -2.14. The van der Waals surface area contributed by atoms with Crippen LogP contribution in [0, 0.1) is 11.6 Å². The van der Waals surface area contributed by atoms with Gasteiger partial charge in [0.25, 0.3) is 0 Å². The molecule has 0 heterocycles. The van der Waals surface area contributed by atoms with Crippen molar-refractivity contribution in [1.29, 1.82) is 0 Å². The Bertz CT molecular complexity index is 602. The van der Waals surface area contributed by atoms with Crippen LogP contribution in [0.5, 0.6) is 5.75 Å². The highest BCUT2D eigenvalue weighted by molar-refractivity contribution is 5.51. The summed E-state index contributed by atoms with van der Waals surface area (Å²) in [5.74, 6) is -1.05. The first-order chi connectivity index (χ1) is 9.02. The molecule has 0 bridgehead atoms. The highest BCUT2D eigenvalue weighted by Gasteiger charge is 2.16. The van der Waals surface area contributed by atoms with Crippen LogP contribution in [0.4, 0.5) is 14.5 Å². The van der Waals surface area contributed by atoms with E-state index >= 15 is 0 Å². The lowest BCUT2D eigenvalue weighted by Crippen LogP contribution is -2.05. The zero-order valence-corrected chi connectivity index (χ0v) is 10.2. The molecule has 2 rings (SSSR count). The largest absolute Gasteiger partial charge is 0.494 e. The summed E-state index contributed by atoms with van der Waals surface area (Å²) in [6.45, 7) is 0. The Balaban J connectivity index is 2.41. The predicted octanol–water partition coefficient (Wildman–Crippen LogP) is 2.64. The minimum atomic E-state index is -1.20. The summed E-state index contributed by atoms with van der Waals surface area (Å²) >= 11 is 0. The van der Waals surface area contributed by atoms with Crippen molar-refractivity contribution in [2.24, 2.45) is 0 Å². The van der Waals surface area contributed by atoms with Gasteiger partial charge in [-0.3, -0.25) is 0 Å². The van der Waals surface area contributed by atoms with Crippen LogP contribution in [0.1, 0.15) is 17.2 Å². The van der Waals surface area contributed by atoms with Gasteiger partial charge >= 0.3 is 0 Å². The number of nitrogens with two attached hydrogens (primary N) is 1. The van der Waals surface area contributed by atoms with Crippen molar-refractivity contribution in [2.45, 2.75) is 6.10 Å². The summed E-state index contributed by atoms with van der Waals surface area (Å²) in [5, 5.41) is 10.1. The zero-order valence-electron chi connectivity index (χ0n) is 10.2. The maximum absolute atomic E-state index is 13.6. The molecule has 100 valence electrons. The molecule has 0 aliphatic rings. The van der Waals surface area contributed by atoms with Crippen LogP contribution in [0.25, 0.3) is 0 Å². The molecule has 3 nitrogen and oxygen atoms in total. The standard InChI is InChI=1S/C14H13F2NO2/c1-19-13-5-2-8(6-11(13)16)14(18)10-7-9(15)3-4-12(10)17/h2-7,14,18H,17H2,1H3. The lowest BCUT2D eigenvalue weighted by atomic mass is 9.99. The molecular formula is C14H13F2NO2. The Morgan fingerprint density at radius 1 is 1.16 bits per heavy atom. The Morgan fingerprint density at radius 2 is 1.89 bits per heavy atom. The number of ether oxygens (including phenoxy) is 1. The summed E-state index contributed by atoms with van der Waals surface area (Å²) in [5.41, 5.74) is 6.39. The monoisotopic (exact) mass is 265 g/mol.